The van der Waals surface area contributed by atoms with E-state index in [0.717, 1.165) is 5.69 Å². The van der Waals surface area contributed by atoms with Crippen LogP contribution in [0.3, 0.4) is 0 Å². The molecule has 0 radical (unpaired) electrons. The van der Waals surface area contributed by atoms with Crippen LogP contribution in [0, 0.1) is 13.8 Å². The van der Waals surface area contributed by atoms with E-state index < -0.39 is 7.92 Å². The van der Waals surface area contributed by atoms with E-state index in [1.165, 1.54) is 21.7 Å². The molecule has 0 atom stereocenters. The number of rotatable bonds is 5. The van der Waals surface area contributed by atoms with Gasteiger partial charge in [-0.25, -0.2) is 0 Å². The Kier molecular flexibility index (Phi) is 5.93. The van der Waals surface area contributed by atoms with Crippen LogP contribution in [0.2, 0.25) is 0 Å². The lowest BCUT2D eigenvalue weighted by molar-refractivity contribution is 1.33. The minimum Gasteiger partial charge on any atom is -0.256 e. The zero-order chi connectivity index (χ0) is 17.5. The summed E-state index contributed by atoms with van der Waals surface area (Å²) in [6, 6.07) is 27.6. The lowest BCUT2D eigenvalue weighted by Crippen LogP contribution is -2.09. The van der Waals surface area contributed by atoms with E-state index in [1.807, 2.05) is 6.21 Å². The molecule has 3 aromatic carbocycles. The van der Waals surface area contributed by atoms with Gasteiger partial charge >= 0.3 is 0 Å². The van der Waals surface area contributed by atoms with Gasteiger partial charge in [0.05, 0.1) is 5.69 Å². The standard InChI is InChI=1S/C23H22NP/c1-19-11-9-12-20(2)23(19)24-17-10-18-25(21-13-5-3-6-14-21)22-15-7-4-8-16-22/h3-18H,1-2H3/b18-10-,24-17?. The predicted octanol–water partition coefficient (Wildman–Crippen LogP) is 5.65. The van der Waals surface area contributed by atoms with Crippen molar-refractivity contribution in [2.45, 2.75) is 13.8 Å². The third-order valence-electron chi connectivity index (χ3n) is 4.03. The molecule has 0 heterocycles. The number of hydrogen-bond acceptors (Lipinski definition) is 1. The van der Waals surface area contributed by atoms with Crippen molar-refractivity contribution < 1.29 is 0 Å². The molecule has 3 aromatic rings. The van der Waals surface area contributed by atoms with Gasteiger partial charge in [0.25, 0.3) is 0 Å². The van der Waals surface area contributed by atoms with Crippen molar-refractivity contribution in [3.05, 3.63) is 102 Å². The third-order valence-corrected chi connectivity index (χ3v) is 6.21. The van der Waals surface area contributed by atoms with Gasteiger partial charge in [0.2, 0.25) is 0 Å². The fraction of sp³-hybridized carbons (Fsp3) is 0.0870. The minimum atomic E-state index is -0.519. The summed E-state index contributed by atoms with van der Waals surface area (Å²) in [6.07, 6.45) is 3.99. The van der Waals surface area contributed by atoms with Gasteiger partial charge in [-0.05, 0) is 49.6 Å². The molecule has 0 bridgehead atoms. The second kappa shape index (κ2) is 8.55. The number of benzene rings is 3. The van der Waals surface area contributed by atoms with E-state index in [1.54, 1.807) is 0 Å². The average Bonchev–Trinajstić information content (AvgIpc) is 2.65. The highest BCUT2D eigenvalue weighted by Gasteiger charge is 2.09. The van der Waals surface area contributed by atoms with Crippen LogP contribution < -0.4 is 10.6 Å². The molecule has 0 fully saturated rings. The van der Waals surface area contributed by atoms with Crippen LogP contribution >= 0.6 is 7.92 Å². The molecule has 0 saturated heterocycles. The molecule has 0 saturated carbocycles. The van der Waals surface area contributed by atoms with Crippen LogP contribution in [0.25, 0.3) is 0 Å². The Morgan fingerprint density at radius 2 is 1.20 bits per heavy atom. The third kappa shape index (κ3) is 4.53. The topological polar surface area (TPSA) is 12.4 Å². The fourth-order valence-corrected chi connectivity index (χ4v) is 4.63. The van der Waals surface area contributed by atoms with E-state index >= 15 is 0 Å². The monoisotopic (exact) mass is 343 g/mol. The summed E-state index contributed by atoms with van der Waals surface area (Å²) in [7, 11) is -0.519. The van der Waals surface area contributed by atoms with Gasteiger partial charge in [-0.2, -0.15) is 0 Å². The molecule has 0 aliphatic heterocycles. The van der Waals surface area contributed by atoms with Crippen LogP contribution in [0.1, 0.15) is 11.1 Å². The van der Waals surface area contributed by atoms with Crippen molar-refractivity contribution >= 4 is 30.4 Å². The lowest BCUT2D eigenvalue weighted by atomic mass is 10.1. The maximum atomic E-state index is 4.66. The summed E-state index contributed by atoms with van der Waals surface area (Å²) < 4.78 is 0. The Morgan fingerprint density at radius 3 is 1.72 bits per heavy atom. The molecule has 0 spiro atoms. The van der Waals surface area contributed by atoms with Crippen molar-refractivity contribution in [3.63, 3.8) is 0 Å². The maximum absolute atomic E-state index is 4.66. The van der Waals surface area contributed by atoms with E-state index in [0.29, 0.717) is 0 Å². The van der Waals surface area contributed by atoms with E-state index in [9.17, 15) is 0 Å². The number of aliphatic imine (C=N–C) groups is 1. The first-order valence-electron chi connectivity index (χ1n) is 8.42. The van der Waals surface area contributed by atoms with Crippen molar-refractivity contribution in [2.24, 2.45) is 4.99 Å². The molecule has 0 amide bonds. The van der Waals surface area contributed by atoms with Gasteiger partial charge in [-0.1, -0.05) is 84.7 Å². The summed E-state index contributed by atoms with van der Waals surface area (Å²) in [5.41, 5.74) is 3.48. The number of para-hydroxylation sites is 1. The first-order chi connectivity index (χ1) is 12.3. The Balaban J connectivity index is 1.86. The van der Waals surface area contributed by atoms with Gasteiger partial charge in [-0.15, -0.1) is 0 Å². The Morgan fingerprint density at radius 1 is 0.680 bits per heavy atom. The summed E-state index contributed by atoms with van der Waals surface area (Å²) >= 11 is 0. The van der Waals surface area contributed by atoms with Gasteiger partial charge in [0.1, 0.15) is 0 Å². The van der Waals surface area contributed by atoms with Crippen molar-refractivity contribution in [3.8, 4) is 0 Å². The largest absolute Gasteiger partial charge is 0.256 e. The number of allylic oxidation sites excluding steroid dienone is 1. The number of aryl methyl sites for hydroxylation is 2. The Bertz CT molecular complexity index is 807. The predicted molar refractivity (Wildman–Crippen MR) is 112 cm³/mol. The summed E-state index contributed by atoms with van der Waals surface area (Å²) in [6.45, 7) is 4.20. The van der Waals surface area contributed by atoms with Gasteiger partial charge in [-0.3, -0.25) is 4.99 Å². The quantitative estimate of drug-likeness (QED) is 0.419. The lowest BCUT2D eigenvalue weighted by Gasteiger charge is -2.13. The van der Waals surface area contributed by atoms with Crippen LogP contribution in [0.4, 0.5) is 5.69 Å². The van der Waals surface area contributed by atoms with Crippen LogP contribution in [-0.2, 0) is 0 Å². The number of hydrogen-bond donors (Lipinski definition) is 0. The molecular weight excluding hydrogens is 321 g/mol. The van der Waals surface area contributed by atoms with E-state index in [4.69, 9.17) is 0 Å². The highest BCUT2D eigenvalue weighted by molar-refractivity contribution is 7.75. The molecular formula is C23H22NP. The van der Waals surface area contributed by atoms with Crippen LogP contribution in [0.15, 0.2) is 95.7 Å². The molecule has 25 heavy (non-hydrogen) atoms. The molecule has 124 valence electrons. The molecule has 0 N–H and O–H groups in total. The highest BCUT2D eigenvalue weighted by atomic mass is 31.1. The zero-order valence-corrected chi connectivity index (χ0v) is 15.5. The average molecular weight is 343 g/mol. The molecule has 3 rings (SSSR count). The first-order valence-corrected chi connectivity index (χ1v) is 9.83. The smallest absolute Gasteiger partial charge is 0.0687 e. The second-order valence-corrected chi connectivity index (χ2v) is 7.97. The van der Waals surface area contributed by atoms with Crippen LogP contribution in [0.5, 0.6) is 0 Å². The van der Waals surface area contributed by atoms with Crippen molar-refractivity contribution in [1.29, 1.82) is 0 Å². The molecule has 0 aromatic heterocycles. The second-order valence-electron chi connectivity index (χ2n) is 5.90. The molecule has 0 aliphatic carbocycles. The zero-order valence-electron chi connectivity index (χ0n) is 14.6. The van der Waals surface area contributed by atoms with E-state index in [2.05, 4.69) is 110 Å². The summed E-state index contributed by atoms with van der Waals surface area (Å²) in [5.74, 6) is 2.27. The number of nitrogens with zero attached hydrogens (tertiary/aromatic N) is 1. The molecule has 2 heteroatoms. The fourth-order valence-electron chi connectivity index (χ4n) is 2.75. The van der Waals surface area contributed by atoms with Crippen molar-refractivity contribution in [1.82, 2.24) is 0 Å². The molecule has 1 nitrogen and oxygen atoms in total. The highest BCUT2D eigenvalue weighted by Crippen LogP contribution is 2.34. The maximum Gasteiger partial charge on any atom is 0.0687 e. The Labute approximate surface area is 151 Å². The van der Waals surface area contributed by atoms with Crippen LogP contribution in [-0.4, -0.2) is 6.21 Å². The minimum absolute atomic E-state index is 0.519. The van der Waals surface area contributed by atoms with Gasteiger partial charge in [0.15, 0.2) is 0 Å². The summed E-state index contributed by atoms with van der Waals surface area (Å²) in [5, 5.41) is 2.70. The van der Waals surface area contributed by atoms with E-state index in [-0.39, 0.29) is 0 Å². The summed E-state index contributed by atoms with van der Waals surface area (Å²) in [4.78, 5) is 4.66. The molecule has 0 aliphatic rings. The normalized spacial score (nSPS) is 11.6. The SMILES string of the molecule is Cc1cccc(C)c1N=C/C=C\P(c1ccccc1)c1ccccc1. The van der Waals surface area contributed by atoms with Gasteiger partial charge in [0, 0.05) is 6.21 Å². The molecule has 0 unspecified atom stereocenters. The Hall–Kier alpha value is -2.50. The first kappa shape index (κ1) is 17.3. The van der Waals surface area contributed by atoms with Gasteiger partial charge < -0.3 is 0 Å². The van der Waals surface area contributed by atoms with Crippen molar-refractivity contribution in [2.75, 3.05) is 0 Å².